The Morgan fingerprint density at radius 2 is 2.11 bits per heavy atom. The molecule has 1 saturated heterocycles. The van der Waals surface area contributed by atoms with Crippen molar-refractivity contribution in [3.8, 4) is 0 Å². The summed E-state index contributed by atoms with van der Waals surface area (Å²) in [7, 11) is 0. The third kappa shape index (κ3) is 4.98. The van der Waals surface area contributed by atoms with Gasteiger partial charge in [-0.2, -0.15) is 0 Å². The fourth-order valence-corrected chi connectivity index (χ4v) is 4.03. The predicted molar refractivity (Wildman–Crippen MR) is 101 cm³/mol. The smallest absolute Gasteiger partial charge is 0.338 e. The van der Waals surface area contributed by atoms with Gasteiger partial charge in [-0.05, 0) is 18.6 Å². The quantitative estimate of drug-likeness (QED) is 0.428. The normalized spacial score (nSPS) is 28.1. The number of esters is 2. The first kappa shape index (κ1) is 19.6. The monoisotopic (exact) mass is 372 g/mol. The molecular formula is C22H28O5. The van der Waals surface area contributed by atoms with Crippen molar-refractivity contribution < 1.29 is 24.2 Å². The number of carbonyl (C=O) groups is 2. The molecule has 3 rings (SSSR count). The summed E-state index contributed by atoms with van der Waals surface area (Å²) in [6.45, 7) is 2.13. The molecule has 0 unspecified atom stereocenters. The van der Waals surface area contributed by atoms with Crippen molar-refractivity contribution in [1.82, 2.24) is 0 Å². The van der Waals surface area contributed by atoms with Crippen LogP contribution in [0.1, 0.15) is 55.8 Å². The molecule has 27 heavy (non-hydrogen) atoms. The number of rotatable bonds is 8. The molecule has 1 N–H and O–H groups in total. The molecule has 146 valence electrons. The Labute approximate surface area is 160 Å². The lowest BCUT2D eigenvalue weighted by molar-refractivity contribution is -0.141. The van der Waals surface area contributed by atoms with Crippen LogP contribution in [0.15, 0.2) is 42.5 Å². The Bertz CT molecular complexity index is 669. The topological polar surface area (TPSA) is 72.8 Å². The highest BCUT2D eigenvalue weighted by molar-refractivity contribution is 5.89. The molecule has 0 bridgehead atoms. The molecule has 1 heterocycles. The molecule has 2 fully saturated rings. The minimum Gasteiger partial charge on any atom is -0.462 e. The Morgan fingerprint density at radius 1 is 1.33 bits per heavy atom. The predicted octanol–water partition coefficient (Wildman–Crippen LogP) is 3.66. The fraction of sp³-hybridized carbons (Fsp3) is 0.545. The molecule has 0 spiro atoms. The van der Waals surface area contributed by atoms with Crippen molar-refractivity contribution in [2.45, 2.75) is 63.8 Å². The summed E-state index contributed by atoms with van der Waals surface area (Å²) in [5, 5.41) is 10.2. The molecule has 2 aliphatic rings. The molecule has 1 aliphatic carbocycles. The zero-order valence-electron chi connectivity index (χ0n) is 15.8. The van der Waals surface area contributed by atoms with Crippen LogP contribution in [0.4, 0.5) is 0 Å². The summed E-state index contributed by atoms with van der Waals surface area (Å²) in [5.41, 5.74) is 0.508. The van der Waals surface area contributed by atoms with E-state index in [-0.39, 0.29) is 36.0 Å². The third-order valence-corrected chi connectivity index (χ3v) is 5.48. The Hall–Kier alpha value is -2.14. The van der Waals surface area contributed by atoms with Gasteiger partial charge in [-0.15, -0.1) is 0 Å². The first-order valence-corrected chi connectivity index (χ1v) is 9.90. The van der Waals surface area contributed by atoms with Crippen LogP contribution >= 0.6 is 0 Å². The van der Waals surface area contributed by atoms with Gasteiger partial charge in [0.05, 0.1) is 18.1 Å². The summed E-state index contributed by atoms with van der Waals surface area (Å²) in [6.07, 6.45) is 7.39. The van der Waals surface area contributed by atoms with Gasteiger partial charge in [0.2, 0.25) is 0 Å². The van der Waals surface area contributed by atoms with Gasteiger partial charge >= 0.3 is 11.9 Å². The average Bonchev–Trinajstić information content (AvgIpc) is 3.16. The van der Waals surface area contributed by atoms with Crippen LogP contribution in [0.2, 0.25) is 0 Å². The van der Waals surface area contributed by atoms with Crippen LogP contribution in [0, 0.1) is 11.8 Å². The lowest BCUT2D eigenvalue weighted by Gasteiger charge is -2.20. The summed E-state index contributed by atoms with van der Waals surface area (Å²) in [4.78, 5) is 24.1. The lowest BCUT2D eigenvalue weighted by atomic mass is 9.91. The molecule has 1 aromatic rings. The number of hydrogen-bond acceptors (Lipinski definition) is 5. The third-order valence-electron chi connectivity index (χ3n) is 5.48. The van der Waals surface area contributed by atoms with E-state index >= 15 is 0 Å². The Balaban J connectivity index is 1.66. The van der Waals surface area contributed by atoms with Crippen LogP contribution in [-0.4, -0.2) is 35.4 Å². The minimum atomic E-state index is -0.515. The van der Waals surface area contributed by atoms with E-state index in [1.807, 2.05) is 12.1 Å². The van der Waals surface area contributed by atoms with Gasteiger partial charge in [0, 0.05) is 18.3 Å². The number of aliphatic hydroxyl groups is 1. The molecule has 1 aliphatic heterocycles. The maximum absolute atomic E-state index is 12.4. The summed E-state index contributed by atoms with van der Waals surface area (Å²) < 4.78 is 11.1. The van der Waals surface area contributed by atoms with E-state index in [0.29, 0.717) is 18.4 Å². The molecule has 5 nitrogen and oxygen atoms in total. The minimum absolute atomic E-state index is 0.00478. The van der Waals surface area contributed by atoms with Gasteiger partial charge in [0.25, 0.3) is 0 Å². The second-order valence-corrected chi connectivity index (χ2v) is 7.47. The van der Waals surface area contributed by atoms with Crippen molar-refractivity contribution in [2.75, 3.05) is 0 Å². The van der Waals surface area contributed by atoms with E-state index in [2.05, 4.69) is 6.92 Å². The molecular weight excluding hydrogens is 344 g/mol. The zero-order chi connectivity index (χ0) is 19.2. The zero-order valence-corrected chi connectivity index (χ0v) is 15.8. The fourth-order valence-electron chi connectivity index (χ4n) is 4.03. The number of unbranched alkanes of at least 4 members (excludes halogenated alkanes) is 2. The Morgan fingerprint density at radius 3 is 2.85 bits per heavy atom. The highest BCUT2D eigenvalue weighted by Gasteiger charge is 2.50. The first-order chi connectivity index (χ1) is 13.1. The van der Waals surface area contributed by atoms with Gasteiger partial charge in [-0.25, -0.2) is 4.79 Å². The summed E-state index contributed by atoms with van der Waals surface area (Å²) >= 11 is 0. The van der Waals surface area contributed by atoms with Crippen molar-refractivity contribution in [1.29, 1.82) is 0 Å². The van der Waals surface area contributed by atoms with Crippen molar-refractivity contribution in [3.05, 3.63) is 48.0 Å². The maximum Gasteiger partial charge on any atom is 0.338 e. The number of hydrogen-bond donors (Lipinski definition) is 1. The molecule has 5 atom stereocenters. The molecule has 0 aromatic heterocycles. The summed E-state index contributed by atoms with van der Waals surface area (Å²) in [6, 6.07) is 8.89. The van der Waals surface area contributed by atoms with E-state index in [4.69, 9.17) is 9.47 Å². The van der Waals surface area contributed by atoms with Crippen LogP contribution in [0.25, 0.3) is 0 Å². The first-order valence-electron chi connectivity index (χ1n) is 9.90. The average molecular weight is 372 g/mol. The van der Waals surface area contributed by atoms with Crippen molar-refractivity contribution >= 4 is 11.9 Å². The standard InChI is InChI=1S/C22H28O5/c1-2-3-5-10-16(23)11-12-17-18-13-21(24)26-20(18)14-19(17)27-22(25)15-8-6-4-7-9-15/h4,6-9,11-12,16-20,23H,2-3,5,10,13-14H2,1H3/b12-11-/t16-,17+,18+,19+,20-/m0/s1. The summed E-state index contributed by atoms with van der Waals surface area (Å²) in [5.74, 6) is -0.673. The van der Waals surface area contributed by atoms with Crippen LogP contribution in [0.5, 0.6) is 0 Å². The van der Waals surface area contributed by atoms with Gasteiger partial charge in [-0.1, -0.05) is 56.5 Å². The van der Waals surface area contributed by atoms with E-state index < -0.39 is 6.10 Å². The number of ether oxygens (including phenoxy) is 2. The number of carbonyl (C=O) groups excluding carboxylic acids is 2. The van der Waals surface area contributed by atoms with Gasteiger partial charge in [0.15, 0.2) is 0 Å². The van der Waals surface area contributed by atoms with E-state index in [1.54, 1.807) is 30.3 Å². The SMILES string of the molecule is CCCCC[C@H](O)/C=C\[C@@H]1[C@H]2CC(=O)O[C@H]2C[C@H]1OC(=O)c1ccccc1. The molecule has 1 saturated carbocycles. The molecule has 5 heteroatoms. The molecule has 1 aromatic carbocycles. The number of benzene rings is 1. The highest BCUT2D eigenvalue weighted by atomic mass is 16.6. The van der Waals surface area contributed by atoms with E-state index in [0.717, 1.165) is 25.7 Å². The van der Waals surface area contributed by atoms with Crippen molar-refractivity contribution in [3.63, 3.8) is 0 Å². The van der Waals surface area contributed by atoms with E-state index in [9.17, 15) is 14.7 Å². The molecule has 0 radical (unpaired) electrons. The largest absolute Gasteiger partial charge is 0.462 e. The van der Waals surface area contributed by atoms with Gasteiger partial charge in [-0.3, -0.25) is 4.79 Å². The van der Waals surface area contributed by atoms with E-state index in [1.165, 1.54) is 0 Å². The van der Waals surface area contributed by atoms with Crippen LogP contribution < -0.4 is 0 Å². The maximum atomic E-state index is 12.4. The second-order valence-electron chi connectivity index (χ2n) is 7.47. The van der Waals surface area contributed by atoms with Gasteiger partial charge < -0.3 is 14.6 Å². The molecule has 0 amide bonds. The Kier molecular flexibility index (Phi) is 6.67. The van der Waals surface area contributed by atoms with Crippen LogP contribution in [0.3, 0.4) is 0 Å². The number of aliphatic hydroxyl groups excluding tert-OH is 1. The number of fused-ring (bicyclic) bond motifs is 1. The van der Waals surface area contributed by atoms with Gasteiger partial charge in [0.1, 0.15) is 12.2 Å². The van der Waals surface area contributed by atoms with Crippen molar-refractivity contribution in [2.24, 2.45) is 11.8 Å². The highest BCUT2D eigenvalue weighted by Crippen LogP contribution is 2.43. The lowest BCUT2D eigenvalue weighted by Crippen LogP contribution is -2.25. The van der Waals surface area contributed by atoms with Crippen LogP contribution in [-0.2, 0) is 14.3 Å². The second kappa shape index (κ2) is 9.18.